The molecule has 0 fully saturated rings. The minimum atomic E-state index is -0.428. The van der Waals surface area contributed by atoms with Crippen LogP contribution >= 0.6 is 0 Å². The Kier molecular flexibility index (Phi) is 1.58. The normalized spacial score (nSPS) is 19.3. The third-order valence-electron chi connectivity index (χ3n) is 2.92. The number of nitrogens with zero attached hydrogens (tertiary/aromatic N) is 1. The first-order valence-electron chi connectivity index (χ1n) is 5.49. The maximum atomic E-state index is 5.78. The van der Waals surface area contributed by atoms with Crippen LogP contribution in [0, 0.1) is 0 Å². The van der Waals surface area contributed by atoms with Crippen molar-refractivity contribution in [2.45, 2.75) is 6.41 Å². The SMILES string of the molecule is c1ccc2c(c1)NN1c3ccccc3OC1O2. The van der Waals surface area contributed by atoms with Gasteiger partial charge in [-0.05, 0) is 24.3 Å². The minimum Gasteiger partial charge on any atom is -0.434 e. The predicted octanol–water partition coefficient (Wildman–Crippen LogP) is 2.59. The molecule has 1 N–H and O–H groups in total. The van der Waals surface area contributed by atoms with Crippen LogP contribution in [0.1, 0.15) is 0 Å². The summed E-state index contributed by atoms with van der Waals surface area (Å²) in [6.07, 6.45) is -0.428. The van der Waals surface area contributed by atoms with E-state index in [1.54, 1.807) is 0 Å². The quantitative estimate of drug-likeness (QED) is 0.748. The van der Waals surface area contributed by atoms with Crippen LogP contribution in [-0.4, -0.2) is 6.41 Å². The first kappa shape index (κ1) is 8.75. The molecule has 0 bridgehead atoms. The molecule has 0 saturated heterocycles. The van der Waals surface area contributed by atoms with E-state index in [9.17, 15) is 0 Å². The van der Waals surface area contributed by atoms with Gasteiger partial charge in [-0.3, -0.25) is 5.43 Å². The van der Waals surface area contributed by atoms with Gasteiger partial charge in [-0.2, -0.15) is 0 Å². The monoisotopic (exact) mass is 226 g/mol. The first-order valence-corrected chi connectivity index (χ1v) is 5.49. The van der Waals surface area contributed by atoms with Crippen LogP contribution in [-0.2, 0) is 0 Å². The summed E-state index contributed by atoms with van der Waals surface area (Å²) in [7, 11) is 0. The standard InChI is InChI=1S/C13H10N2O2/c1-3-7-11-9(5-1)14-15-10-6-2-4-8-12(10)17-13(15)16-11/h1-8,13-14H. The topological polar surface area (TPSA) is 33.7 Å². The fourth-order valence-corrected chi connectivity index (χ4v) is 2.12. The fraction of sp³-hybridized carbons (Fsp3) is 0.0769. The molecule has 0 aliphatic carbocycles. The van der Waals surface area contributed by atoms with Gasteiger partial charge in [0.2, 0.25) is 0 Å². The van der Waals surface area contributed by atoms with Gasteiger partial charge in [-0.1, -0.05) is 24.3 Å². The molecule has 17 heavy (non-hydrogen) atoms. The van der Waals surface area contributed by atoms with Gasteiger partial charge in [0, 0.05) is 0 Å². The van der Waals surface area contributed by atoms with Gasteiger partial charge in [-0.15, -0.1) is 0 Å². The van der Waals surface area contributed by atoms with E-state index in [0.717, 1.165) is 22.9 Å². The second-order valence-corrected chi connectivity index (χ2v) is 3.99. The smallest absolute Gasteiger partial charge is 0.345 e. The number of rotatable bonds is 0. The van der Waals surface area contributed by atoms with Crippen LogP contribution in [0.15, 0.2) is 48.5 Å². The Hall–Kier alpha value is -2.36. The zero-order valence-electron chi connectivity index (χ0n) is 8.96. The molecule has 1 unspecified atom stereocenters. The lowest BCUT2D eigenvalue weighted by molar-refractivity contribution is 0.0187. The van der Waals surface area contributed by atoms with Crippen LogP contribution in [0.4, 0.5) is 11.4 Å². The summed E-state index contributed by atoms with van der Waals surface area (Å²) in [6, 6.07) is 15.7. The van der Waals surface area contributed by atoms with Crippen molar-refractivity contribution in [3.8, 4) is 11.5 Å². The maximum Gasteiger partial charge on any atom is 0.345 e. The van der Waals surface area contributed by atoms with Crippen molar-refractivity contribution in [1.29, 1.82) is 0 Å². The van der Waals surface area contributed by atoms with E-state index in [2.05, 4.69) is 5.43 Å². The molecule has 4 nitrogen and oxygen atoms in total. The average molecular weight is 226 g/mol. The lowest BCUT2D eigenvalue weighted by Gasteiger charge is -2.32. The van der Waals surface area contributed by atoms with E-state index in [-0.39, 0.29) is 0 Å². The van der Waals surface area contributed by atoms with Crippen LogP contribution in [0.2, 0.25) is 0 Å². The third kappa shape index (κ3) is 1.18. The maximum absolute atomic E-state index is 5.78. The minimum absolute atomic E-state index is 0.428. The second kappa shape index (κ2) is 3.07. The number of anilines is 2. The summed E-state index contributed by atoms with van der Waals surface area (Å²) in [6.45, 7) is 0. The van der Waals surface area contributed by atoms with Crippen LogP contribution in [0.5, 0.6) is 11.5 Å². The molecule has 2 heterocycles. The number of nitrogens with one attached hydrogen (secondary N) is 1. The molecular weight excluding hydrogens is 216 g/mol. The molecule has 1 atom stereocenters. The van der Waals surface area contributed by atoms with Crippen molar-refractivity contribution >= 4 is 11.4 Å². The van der Waals surface area contributed by atoms with Gasteiger partial charge in [0.15, 0.2) is 11.5 Å². The van der Waals surface area contributed by atoms with Crippen LogP contribution < -0.4 is 19.9 Å². The summed E-state index contributed by atoms with van der Waals surface area (Å²) in [5.41, 5.74) is 5.24. The zero-order chi connectivity index (χ0) is 11.2. The number of benzene rings is 2. The molecule has 0 saturated carbocycles. The highest BCUT2D eigenvalue weighted by Gasteiger charge is 2.36. The van der Waals surface area contributed by atoms with E-state index in [1.807, 2.05) is 53.5 Å². The average Bonchev–Trinajstić information content (AvgIpc) is 2.73. The number of hydrogen-bond acceptors (Lipinski definition) is 4. The molecule has 4 rings (SSSR count). The Morgan fingerprint density at radius 3 is 2.53 bits per heavy atom. The third-order valence-corrected chi connectivity index (χ3v) is 2.92. The first-order chi connectivity index (χ1) is 8.42. The van der Waals surface area contributed by atoms with Gasteiger partial charge in [-0.25, -0.2) is 5.01 Å². The second-order valence-electron chi connectivity index (χ2n) is 3.99. The lowest BCUT2D eigenvalue weighted by Crippen LogP contribution is -2.46. The molecule has 0 amide bonds. The van der Waals surface area contributed by atoms with Crippen molar-refractivity contribution < 1.29 is 9.47 Å². The highest BCUT2D eigenvalue weighted by Crippen LogP contribution is 2.41. The Morgan fingerprint density at radius 1 is 0.882 bits per heavy atom. The Balaban J connectivity index is 1.79. The molecular formula is C13H10N2O2. The fourth-order valence-electron chi connectivity index (χ4n) is 2.12. The molecule has 0 aromatic heterocycles. The number of para-hydroxylation sites is 4. The summed E-state index contributed by atoms with van der Waals surface area (Å²) >= 11 is 0. The van der Waals surface area contributed by atoms with Crippen molar-refractivity contribution in [2.75, 3.05) is 10.4 Å². The molecule has 0 spiro atoms. The zero-order valence-corrected chi connectivity index (χ0v) is 8.96. The van der Waals surface area contributed by atoms with Gasteiger partial charge in [0.25, 0.3) is 0 Å². The van der Waals surface area contributed by atoms with Gasteiger partial charge >= 0.3 is 6.41 Å². The summed E-state index contributed by atoms with van der Waals surface area (Å²) < 4.78 is 11.5. The van der Waals surface area contributed by atoms with Crippen LogP contribution in [0.3, 0.4) is 0 Å². The van der Waals surface area contributed by atoms with E-state index in [4.69, 9.17) is 9.47 Å². The number of hydrogen-bond donors (Lipinski definition) is 1. The van der Waals surface area contributed by atoms with Gasteiger partial charge in [0.1, 0.15) is 5.69 Å². The predicted molar refractivity (Wildman–Crippen MR) is 64.0 cm³/mol. The van der Waals surface area contributed by atoms with Crippen molar-refractivity contribution in [3.63, 3.8) is 0 Å². The van der Waals surface area contributed by atoms with Gasteiger partial charge in [0.05, 0.1) is 5.69 Å². The highest BCUT2D eigenvalue weighted by atomic mass is 16.7. The highest BCUT2D eigenvalue weighted by molar-refractivity contribution is 5.70. The molecule has 2 aliphatic rings. The van der Waals surface area contributed by atoms with E-state index in [0.29, 0.717) is 0 Å². The van der Waals surface area contributed by atoms with Crippen molar-refractivity contribution in [1.82, 2.24) is 0 Å². The molecule has 2 aromatic carbocycles. The van der Waals surface area contributed by atoms with Crippen molar-refractivity contribution in [3.05, 3.63) is 48.5 Å². The molecule has 0 radical (unpaired) electrons. The van der Waals surface area contributed by atoms with E-state index < -0.39 is 6.41 Å². The summed E-state index contributed by atoms with van der Waals surface area (Å²) in [5.74, 6) is 1.64. The molecule has 2 aliphatic heterocycles. The Bertz CT molecular complexity index is 579. The molecule has 2 aromatic rings. The van der Waals surface area contributed by atoms with E-state index >= 15 is 0 Å². The van der Waals surface area contributed by atoms with Crippen molar-refractivity contribution in [2.24, 2.45) is 0 Å². The molecule has 84 valence electrons. The largest absolute Gasteiger partial charge is 0.434 e. The summed E-state index contributed by atoms with van der Waals surface area (Å²) in [4.78, 5) is 0. The summed E-state index contributed by atoms with van der Waals surface area (Å²) in [5, 5.41) is 1.89. The lowest BCUT2D eigenvalue weighted by atomic mass is 10.3. The number of ether oxygens (including phenoxy) is 2. The molecule has 4 heteroatoms. The van der Waals surface area contributed by atoms with Gasteiger partial charge < -0.3 is 9.47 Å². The number of hydrazine groups is 1. The Morgan fingerprint density at radius 2 is 1.59 bits per heavy atom. The Labute approximate surface area is 98.3 Å². The van der Waals surface area contributed by atoms with E-state index in [1.165, 1.54) is 0 Å². The number of fused-ring (bicyclic) bond motifs is 4. The van der Waals surface area contributed by atoms with Crippen LogP contribution in [0.25, 0.3) is 0 Å².